The highest BCUT2D eigenvalue weighted by Gasteiger charge is 2.14. The Morgan fingerprint density at radius 3 is 2.56 bits per heavy atom. The maximum atomic E-state index is 13.0. The van der Waals surface area contributed by atoms with Gasteiger partial charge in [-0.25, -0.2) is 8.78 Å². The minimum absolute atomic E-state index is 0.151. The molecule has 4 heteroatoms. The summed E-state index contributed by atoms with van der Waals surface area (Å²) in [5.74, 6) is -1.83. The molecule has 86 valence electrons. The van der Waals surface area contributed by atoms with Gasteiger partial charge in [-0.1, -0.05) is 13.0 Å². The molecule has 1 rings (SSSR count). The SMILES string of the molecule is CCC(C)NC(C#N)c1ccc(F)c(F)c1. The lowest BCUT2D eigenvalue weighted by molar-refractivity contribution is 0.487. The number of rotatable bonds is 4. The average Bonchev–Trinajstić information content (AvgIpc) is 2.29. The average molecular weight is 224 g/mol. The fourth-order valence-corrected chi connectivity index (χ4v) is 1.30. The first kappa shape index (κ1) is 12.6. The summed E-state index contributed by atoms with van der Waals surface area (Å²) in [5, 5.41) is 12.0. The van der Waals surface area contributed by atoms with Crippen LogP contribution >= 0.6 is 0 Å². The molecule has 0 radical (unpaired) electrons. The lowest BCUT2D eigenvalue weighted by atomic mass is 10.1. The molecule has 0 spiro atoms. The molecule has 0 saturated heterocycles. The highest BCUT2D eigenvalue weighted by Crippen LogP contribution is 2.16. The molecular weight excluding hydrogens is 210 g/mol. The van der Waals surface area contributed by atoms with Gasteiger partial charge in [-0.15, -0.1) is 0 Å². The van der Waals surface area contributed by atoms with Crippen molar-refractivity contribution in [3.05, 3.63) is 35.4 Å². The van der Waals surface area contributed by atoms with E-state index in [1.807, 2.05) is 19.9 Å². The molecule has 1 aromatic rings. The van der Waals surface area contributed by atoms with Crippen molar-refractivity contribution in [1.29, 1.82) is 5.26 Å². The van der Waals surface area contributed by atoms with Crippen LogP contribution in [-0.4, -0.2) is 6.04 Å². The van der Waals surface area contributed by atoms with Crippen molar-refractivity contribution >= 4 is 0 Å². The molecule has 0 aliphatic heterocycles. The fraction of sp³-hybridized carbons (Fsp3) is 0.417. The Kier molecular flexibility index (Phi) is 4.39. The van der Waals surface area contributed by atoms with Crippen LogP contribution in [-0.2, 0) is 0 Å². The molecular formula is C12H14F2N2. The zero-order valence-corrected chi connectivity index (χ0v) is 9.30. The first-order valence-electron chi connectivity index (χ1n) is 5.19. The van der Waals surface area contributed by atoms with E-state index in [4.69, 9.17) is 5.26 Å². The van der Waals surface area contributed by atoms with Crippen LogP contribution in [0, 0.1) is 23.0 Å². The summed E-state index contributed by atoms with van der Waals surface area (Å²) < 4.78 is 25.7. The summed E-state index contributed by atoms with van der Waals surface area (Å²) in [4.78, 5) is 0. The highest BCUT2D eigenvalue weighted by atomic mass is 19.2. The number of hydrogen-bond acceptors (Lipinski definition) is 2. The Balaban J connectivity index is 2.88. The van der Waals surface area contributed by atoms with Gasteiger partial charge < -0.3 is 0 Å². The number of halogens is 2. The summed E-state index contributed by atoms with van der Waals surface area (Å²) in [6, 6.07) is 5.08. The molecule has 0 aliphatic rings. The van der Waals surface area contributed by atoms with E-state index in [0.29, 0.717) is 5.56 Å². The minimum Gasteiger partial charge on any atom is -0.296 e. The molecule has 0 fully saturated rings. The smallest absolute Gasteiger partial charge is 0.159 e. The van der Waals surface area contributed by atoms with E-state index in [1.165, 1.54) is 6.07 Å². The van der Waals surface area contributed by atoms with Crippen LogP contribution in [0.1, 0.15) is 31.9 Å². The van der Waals surface area contributed by atoms with Crippen LogP contribution in [0.5, 0.6) is 0 Å². The normalized spacial score (nSPS) is 14.2. The zero-order valence-electron chi connectivity index (χ0n) is 9.30. The number of hydrogen-bond donors (Lipinski definition) is 1. The van der Waals surface area contributed by atoms with Gasteiger partial charge in [-0.2, -0.15) is 5.26 Å². The van der Waals surface area contributed by atoms with E-state index in [0.717, 1.165) is 18.6 Å². The largest absolute Gasteiger partial charge is 0.296 e. The molecule has 0 heterocycles. The van der Waals surface area contributed by atoms with Crippen LogP contribution in [0.3, 0.4) is 0 Å². The van der Waals surface area contributed by atoms with E-state index >= 15 is 0 Å². The van der Waals surface area contributed by atoms with Gasteiger partial charge in [-0.3, -0.25) is 5.32 Å². The maximum absolute atomic E-state index is 13.0. The minimum atomic E-state index is -0.927. The molecule has 0 bridgehead atoms. The van der Waals surface area contributed by atoms with Gasteiger partial charge in [0.25, 0.3) is 0 Å². The van der Waals surface area contributed by atoms with Crippen molar-refractivity contribution < 1.29 is 8.78 Å². The van der Waals surface area contributed by atoms with E-state index in [-0.39, 0.29) is 6.04 Å². The number of benzene rings is 1. The Hall–Kier alpha value is -1.47. The fourth-order valence-electron chi connectivity index (χ4n) is 1.30. The van der Waals surface area contributed by atoms with E-state index in [9.17, 15) is 8.78 Å². The van der Waals surface area contributed by atoms with E-state index < -0.39 is 17.7 Å². The Bertz CT molecular complexity index is 398. The molecule has 0 saturated carbocycles. The van der Waals surface area contributed by atoms with Crippen molar-refractivity contribution in [1.82, 2.24) is 5.32 Å². The van der Waals surface area contributed by atoms with Crippen LogP contribution in [0.15, 0.2) is 18.2 Å². The summed E-state index contributed by atoms with van der Waals surface area (Å²) in [6.07, 6.45) is 0.863. The Labute approximate surface area is 93.9 Å². The number of nitrogens with one attached hydrogen (secondary N) is 1. The molecule has 0 aromatic heterocycles. The van der Waals surface area contributed by atoms with Crippen molar-refractivity contribution in [3.63, 3.8) is 0 Å². The van der Waals surface area contributed by atoms with Gasteiger partial charge in [0, 0.05) is 6.04 Å². The predicted molar refractivity (Wildman–Crippen MR) is 57.6 cm³/mol. The molecule has 1 aromatic carbocycles. The summed E-state index contributed by atoms with van der Waals surface area (Å²) >= 11 is 0. The van der Waals surface area contributed by atoms with Gasteiger partial charge in [0.2, 0.25) is 0 Å². The first-order valence-corrected chi connectivity index (χ1v) is 5.19. The van der Waals surface area contributed by atoms with Gasteiger partial charge in [0.15, 0.2) is 11.6 Å². The number of nitrogens with zero attached hydrogens (tertiary/aromatic N) is 1. The van der Waals surface area contributed by atoms with Gasteiger partial charge in [-0.05, 0) is 31.0 Å². The van der Waals surface area contributed by atoms with Gasteiger partial charge >= 0.3 is 0 Å². The van der Waals surface area contributed by atoms with E-state index in [2.05, 4.69) is 5.32 Å². The molecule has 2 atom stereocenters. The van der Waals surface area contributed by atoms with Gasteiger partial charge in [0.1, 0.15) is 6.04 Å². The second-order valence-electron chi connectivity index (χ2n) is 3.71. The molecule has 1 N–H and O–H groups in total. The zero-order chi connectivity index (χ0) is 12.1. The van der Waals surface area contributed by atoms with Crippen LogP contribution in [0.4, 0.5) is 8.78 Å². The van der Waals surface area contributed by atoms with Crippen molar-refractivity contribution in [2.75, 3.05) is 0 Å². The second kappa shape index (κ2) is 5.57. The third-order valence-corrected chi connectivity index (χ3v) is 2.47. The van der Waals surface area contributed by atoms with Crippen molar-refractivity contribution in [2.45, 2.75) is 32.4 Å². The molecule has 2 unspecified atom stereocenters. The van der Waals surface area contributed by atoms with E-state index in [1.54, 1.807) is 0 Å². The summed E-state index contributed by atoms with van der Waals surface area (Å²) in [6.45, 7) is 3.92. The van der Waals surface area contributed by atoms with Crippen molar-refractivity contribution in [3.8, 4) is 6.07 Å². The topological polar surface area (TPSA) is 35.8 Å². The third-order valence-electron chi connectivity index (χ3n) is 2.47. The molecule has 0 aliphatic carbocycles. The summed E-state index contributed by atoms with van der Waals surface area (Å²) in [5.41, 5.74) is 0.446. The van der Waals surface area contributed by atoms with Gasteiger partial charge in [0.05, 0.1) is 6.07 Å². The third kappa shape index (κ3) is 3.01. The first-order chi connectivity index (χ1) is 7.58. The molecule has 0 amide bonds. The lowest BCUT2D eigenvalue weighted by Gasteiger charge is -2.17. The monoisotopic (exact) mass is 224 g/mol. The highest BCUT2D eigenvalue weighted by molar-refractivity contribution is 5.25. The summed E-state index contributed by atoms with van der Waals surface area (Å²) in [7, 11) is 0. The van der Waals surface area contributed by atoms with Crippen LogP contribution in [0.2, 0.25) is 0 Å². The Morgan fingerprint density at radius 2 is 2.06 bits per heavy atom. The second-order valence-corrected chi connectivity index (χ2v) is 3.71. The standard InChI is InChI=1S/C12H14F2N2/c1-3-8(2)16-12(7-15)9-4-5-10(13)11(14)6-9/h4-6,8,12,16H,3H2,1-2H3. The Morgan fingerprint density at radius 1 is 1.38 bits per heavy atom. The molecule has 2 nitrogen and oxygen atoms in total. The predicted octanol–water partition coefficient (Wildman–Crippen LogP) is 2.92. The van der Waals surface area contributed by atoms with Crippen molar-refractivity contribution in [2.24, 2.45) is 0 Å². The quantitative estimate of drug-likeness (QED) is 0.853. The van der Waals surface area contributed by atoms with Crippen LogP contribution in [0.25, 0.3) is 0 Å². The number of nitriles is 1. The maximum Gasteiger partial charge on any atom is 0.159 e. The van der Waals surface area contributed by atoms with Crippen LogP contribution < -0.4 is 5.32 Å². The molecule has 16 heavy (non-hydrogen) atoms. The lowest BCUT2D eigenvalue weighted by Crippen LogP contribution is -2.29.